The first-order chi connectivity index (χ1) is 10.5. The van der Waals surface area contributed by atoms with E-state index in [1.54, 1.807) is 37.3 Å². The van der Waals surface area contributed by atoms with E-state index >= 15 is 0 Å². The van der Waals surface area contributed by atoms with Gasteiger partial charge in [-0.3, -0.25) is 9.59 Å². The van der Waals surface area contributed by atoms with Crippen molar-refractivity contribution in [2.24, 2.45) is 5.73 Å². The van der Waals surface area contributed by atoms with E-state index in [1.807, 2.05) is 25.1 Å². The van der Waals surface area contributed by atoms with Crippen molar-refractivity contribution in [2.45, 2.75) is 20.0 Å². The standard InChI is InChI=1S/C17H18N2O3/c1-11-4-3-5-15(10-11)22-12(2)17(21)19-14-8-6-13(7-9-14)16(18)20/h3-10,12H,1-2H3,(H2,18,20)(H,19,21). The third kappa shape index (κ3) is 4.09. The lowest BCUT2D eigenvalue weighted by Gasteiger charge is -2.15. The van der Waals surface area contributed by atoms with E-state index in [0.717, 1.165) is 5.56 Å². The van der Waals surface area contributed by atoms with Crippen molar-refractivity contribution in [3.05, 3.63) is 59.7 Å². The summed E-state index contributed by atoms with van der Waals surface area (Å²) in [6.07, 6.45) is -0.641. The molecular formula is C17H18N2O3. The predicted molar refractivity (Wildman–Crippen MR) is 84.9 cm³/mol. The number of primary amides is 1. The minimum atomic E-state index is -0.641. The third-order valence-electron chi connectivity index (χ3n) is 3.11. The molecule has 2 amide bonds. The van der Waals surface area contributed by atoms with Crippen LogP contribution in [0.4, 0.5) is 5.69 Å². The lowest BCUT2D eigenvalue weighted by atomic mass is 10.2. The highest BCUT2D eigenvalue weighted by Gasteiger charge is 2.15. The maximum absolute atomic E-state index is 12.1. The first kappa shape index (κ1) is 15.6. The fraction of sp³-hybridized carbons (Fsp3) is 0.176. The number of hydrogen-bond donors (Lipinski definition) is 2. The molecule has 0 aromatic heterocycles. The van der Waals surface area contributed by atoms with E-state index in [1.165, 1.54) is 0 Å². The van der Waals surface area contributed by atoms with Crippen LogP contribution in [0.5, 0.6) is 5.75 Å². The average molecular weight is 298 g/mol. The van der Waals surface area contributed by atoms with E-state index in [2.05, 4.69) is 5.32 Å². The summed E-state index contributed by atoms with van der Waals surface area (Å²) in [5.41, 5.74) is 7.20. The van der Waals surface area contributed by atoms with Gasteiger partial charge in [0.2, 0.25) is 5.91 Å². The zero-order chi connectivity index (χ0) is 16.1. The number of anilines is 1. The Morgan fingerprint density at radius 1 is 1.14 bits per heavy atom. The van der Waals surface area contributed by atoms with Gasteiger partial charge in [-0.1, -0.05) is 12.1 Å². The SMILES string of the molecule is Cc1cccc(OC(C)C(=O)Nc2ccc(C(N)=O)cc2)c1. The highest BCUT2D eigenvalue weighted by molar-refractivity contribution is 5.96. The smallest absolute Gasteiger partial charge is 0.265 e. The number of aryl methyl sites for hydroxylation is 1. The molecule has 114 valence electrons. The highest BCUT2D eigenvalue weighted by atomic mass is 16.5. The zero-order valence-corrected chi connectivity index (χ0v) is 12.5. The maximum Gasteiger partial charge on any atom is 0.265 e. The number of hydrogen-bond acceptors (Lipinski definition) is 3. The average Bonchev–Trinajstić information content (AvgIpc) is 2.47. The van der Waals surface area contributed by atoms with Crippen LogP contribution in [0.2, 0.25) is 0 Å². The predicted octanol–water partition coefficient (Wildman–Crippen LogP) is 2.50. The van der Waals surface area contributed by atoms with E-state index < -0.39 is 12.0 Å². The zero-order valence-electron chi connectivity index (χ0n) is 12.5. The first-order valence-corrected chi connectivity index (χ1v) is 6.90. The summed E-state index contributed by atoms with van der Waals surface area (Å²) in [7, 11) is 0. The van der Waals surface area contributed by atoms with Gasteiger partial charge in [0.25, 0.3) is 5.91 Å². The molecule has 1 unspecified atom stereocenters. The van der Waals surface area contributed by atoms with Crippen LogP contribution in [0.25, 0.3) is 0 Å². The van der Waals surface area contributed by atoms with Crippen molar-refractivity contribution in [3.8, 4) is 5.75 Å². The van der Waals surface area contributed by atoms with Gasteiger partial charge in [0.05, 0.1) is 0 Å². The van der Waals surface area contributed by atoms with Crippen LogP contribution in [0.1, 0.15) is 22.8 Å². The second-order valence-corrected chi connectivity index (χ2v) is 5.01. The number of carbonyl (C=O) groups excluding carboxylic acids is 2. The van der Waals surface area contributed by atoms with E-state index in [4.69, 9.17) is 10.5 Å². The second kappa shape index (κ2) is 6.76. The Morgan fingerprint density at radius 2 is 1.82 bits per heavy atom. The van der Waals surface area contributed by atoms with E-state index in [-0.39, 0.29) is 5.91 Å². The van der Waals surface area contributed by atoms with Crippen LogP contribution in [-0.4, -0.2) is 17.9 Å². The van der Waals surface area contributed by atoms with Crippen molar-refractivity contribution >= 4 is 17.5 Å². The molecule has 2 rings (SSSR count). The molecule has 0 spiro atoms. The molecule has 0 aliphatic heterocycles. The minimum absolute atomic E-state index is 0.270. The van der Waals surface area contributed by atoms with Crippen LogP contribution in [-0.2, 0) is 4.79 Å². The molecule has 5 heteroatoms. The quantitative estimate of drug-likeness (QED) is 0.889. The molecule has 0 aliphatic rings. The Hall–Kier alpha value is -2.82. The highest BCUT2D eigenvalue weighted by Crippen LogP contribution is 2.15. The molecule has 3 N–H and O–H groups in total. The lowest BCUT2D eigenvalue weighted by molar-refractivity contribution is -0.122. The van der Waals surface area contributed by atoms with Crippen molar-refractivity contribution in [3.63, 3.8) is 0 Å². The molecule has 0 heterocycles. The van der Waals surface area contributed by atoms with Crippen molar-refractivity contribution in [1.29, 1.82) is 0 Å². The summed E-state index contributed by atoms with van der Waals surface area (Å²) in [4.78, 5) is 23.1. The molecule has 0 bridgehead atoms. The maximum atomic E-state index is 12.1. The summed E-state index contributed by atoms with van der Waals surface area (Å²) in [6.45, 7) is 3.63. The lowest BCUT2D eigenvalue weighted by Crippen LogP contribution is -2.30. The number of amides is 2. The van der Waals surface area contributed by atoms with Gasteiger partial charge in [-0.25, -0.2) is 0 Å². The topological polar surface area (TPSA) is 81.4 Å². The van der Waals surface area contributed by atoms with E-state index in [0.29, 0.717) is 17.0 Å². The molecule has 0 saturated carbocycles. The largest absolute Gasteiger partial charge is 0.481 e. The summed E-state index contributed by atoms with van der Waals surface area (Å²) >= 11 is 0. The molecule has 2 aromatic rings. The normalized spacial score (nSPS) is 11.5. The number of rotatable bonds is 5. The molecular weight excluding hydrogens is 280 g/mol. The molecule has 22 heavy (non-hydrogen) atoms. The monoisotopic (exact) mass is 298 g/mol. The first-order valence-electron chi connectivity index (χ1n) is 6.90. The van der Waals surface area contributed by atoms with Gasteiger partial charge < -0.3 is 15.8 Å². The number of benzene rings is 2. The molecule has 0 fully saturated rings. The van der Waals surface area contributed by atoms with Crippen LogP contribution < -0.4 is 15.8 Å². The third-order valence-corrected chi connectivity index (χ3v) is 3.11. The second-order valence-electron chi connectivity index (χ2n) is 5.01. The fourth-order valence-corrected chi connectivity index (χ4v) is 1.91. The molecule has 0 aliphatic carbocycles. The Balaban J connectivity index is 1.97. The number of nitrogens with one attached hydrogen (secondary N) is 1. The fourth-order valence-electron chi connectivity index (χ4n) is 1.91. The van der Waals surface area contributed by atoms with Gasteiger partial charge in [-0.05, 0) is 55.8 Å². The van der Waals surface area contributed by atoms with Gasteiger partial charge in [-0.2, -0.15) is 0 Å². The number of nitrogens with two attached hydrogens (primary N) is 1. The summed E-state index contributed by atoms with van der Waals surface area (Å²) in [6, 6.07) is 13.9. The molecule has 0 saturated heterocycles. The van der Waals surface area contributed by atoms with Crippen LogP contribution >= 0.6 is 0 Å². The number of carbonyl (C=O) groups is 2. The van der Waals surface area contributed by atoms with Gasteiger partial charge >= 0.3 is 0 Å². The Kier molecular flexibility index (Phi) is 4.78. The summed E-state index contributed by atoms with van der Waals surface area (Å²) < 4.78 is 5.60. The van der Waals surface area contributed by atoms with Gasteiger partial charge in [0.15, 0.2) is 6.10 Å². The number of ether oxygens (including phenoxy) is 1. The summed E-state index contributed by atoms with van der Waals surface area (Å²) in [5.74, 6) is -0.130. The Bertz CT molecular complexity index is 681. The van der Waals surface area contributed by atoms with Crippen molar-refractivity contribution in [2.75, 3.05) is 5.32 Å². The minimum Gasteiger partial charge on any atom is -0.481 e. The van der Waals surface area contributed by atoms with Crippen LogP contribution in [0.3, 0.4) is 0 Å². The van der Waals surface area contributed by atoms with Gasteiger partial charge in [0.1, 0.15) is 5.75 Å². The van der Waals surface area contributed by atoms with Crippen molar-refractivity contribution < 1.29 is 14.3 Å². The molecule has 1 atom stereocenters. The Morgan fingerprint density at radius 3 is 2.41 bits per heavy atom. The van der Waals surface area contributed by atoms with E-state index in [9.17, 15) is 9.59 Å². The molecule has 0 radical (unpaired) electrons. The van der Waals surface area contributed by atoms with Gasteiger partial charge in [0, 0.05) is 11.3 Å². The van der Waals surface area contributed by atoms with Gasteiger partial charge in [-0.15, -0.1) is 0 Å². The molecule has 5 nitrogen and oxygen atoms in total. The molecule has 2 aromatic carbocycles. The van der Waals surface area contributed by atoms with Crippen LogP contribution in [0, 0.1) is 6.92 Å². The summed E-state index contributed by atoms with van der Waals surface area (Å²) in [5, 5.41) is 2.73. The Labute approximate surface area is 129 Å². The van der Waals surface area contributed by atoms with Crippen molar-refractivity contribution in [1.82, 2.24) is 0 Å². The van der Waals surface area contributed by atoms with Crippen LogP contribution in [0.15, 0.2) is 48.5 Å².